The van der Waals surface area contributed by atoms with Crippen LogP contribution in [0.5, 0.6) is 0 Å². The molecule has 1 N–H and O–H groups in total. The van der Waals surface area contributed by atoms with Gasteiger partial charge in [0.05, 0.1) is 5.02 Å². The van der Waals surface area contributed by atoms with E-state index in [4.69, 9.17) is 11.6 Å². The molecule has 1 aromatic rings. The van der Waals surface area contributed by atoms with Crippen molar-refractivity contribution in [2.75, 3.05) is 6.54 Å². The third kappa shape index (κ3) is 4.37. The highest BCUT2D eigenvalue weighted by Gasteiger charge is 1.95. The van der Waals surface area contributed by atoms with Gasteiger partial charge in [-0.25, -0.2) is 0 Å². The Morgan fingerprint density at radius 2 is 2.25 bits per heavy atom. The molecule has 0 heterocycles. The third-order valence-corrected chi connectivity index (χ3v) is 2.28. The Morgan fingerprint density at radius 1 is 1.50 bits per heavy atom. The molecule has 0 fully saturated rings. The number of benzene rings is 1. The van der Waals surface area contributed by atoms with Crippen LogP contribution in [0.3, 0.4) is 0 Å². The summed E-state index contributed by atoms with van der Waals surface area (Å²) in [5.41, 5.74) is 1.95. The average molecular weight is 236 g/mol. The second kappa shape index (κ2) is 6.19. The zero-order valence-electron chi connectivity index (χ0n) is 9.43. The fourth-order valence-corrected chi connectivity index (χ4v) is 1.46. The Kier molecular flexibility index (Phi) is 4.88. The minimum absolute atomic E-state index is 0.0323. The summed E-state index contributed by atoms with van der Waals surface area (Å²) >= 11 is 6.02. The van der Waals surface area contributed by atoms with Gasteiger partial charge in [0.1, 0.15) is 0 Å². The zero-order valence-corrected chi connectivity index (χ0v) is 10.2. The molecule has 1 aromatic carbocycles. The van der Waals surface area contributed by atoms with Crippen molar-refractivity contribution in [2.45, 2.75) is 20.3 Å². The van der Waals surface area contributed by atoms with Gasteiger partial charge in [-0.05, 0) is 24.6 Å². The molecular weight excluding hydrogens is 222 g/mol. The lowest BCUT2D eigenvalue weighted by Crippen LogP contribution is -2.20. The van der Waals surface area contributed by atoms with Gasteiger partial charge in [-0.15, -0.1) is 0 Å². The van der Waals surface area contributed by atoms with Gasteiger partial charge in [-0.3, -0.25) is 4.79 Å². The van der Waals surface area contributed by atoms with Gasteiger partial charge < -0.3 is 5.32 Å². The highest BCUT2D eigenvalue weighted by molar-refractivity contribution is 6.31. The first-order valence-electron chi connectivity index (χ1n) is 5.09. The molecule has 0 unspecified atom stereocenters. The van der Waals surface area contributed by atoms with Crippen molar-refractivity contribution < 1.29 is 4.79 Å². The van der Waals surface area contributed by atoms with E-state index < -0.39 is 0 Å². The van der Waals surface area contributed by atoms with E-state index in [0.717, 1.165) is 11.1 Å². The SMILES string of the molecule is CC(=O)NCCC#Cc1ccc(C)cc1Cl. The summed E-state index contributed by atoms with van der Waals surface area (Å²) in [6.07, 6.45) is 0.629. The van der Waals surface area contributed by atoms with Crippen molar-refractivity contribution in [3.8, 4) is 11.8 Å². The molecule has 3 heteroatoms. The quantitative estimate of drug-likeness (QED) is 0.620. The van der Waals surface area contributed by atoms with E-state index in [9.17, 15) is 4.79 Å². The molecule has 0 spiro atoms. The summed E-state index contributed by atoms with van der Waals surface area (Å²) in [5.74, 6) is 5.92. The number of halogens is 1. The molecule has 84 valence electrons. The van der Waals surface area contributed by atoms with Crippen LogP contribution in [-0.2, 0) is 4.79 Å². The maximum absolute atomic E-state index is 10.6. The van der Waals surface area contributed by atoms with Crippen LogP contribution in [0.25, 0.3) is 0 Å². The number of carbonyl (C=O) groups excluding carboxylic acids is 1. The van der Waals surface area contributed by atoms with Crippen LogP contribution < -0.4 is 5.32 Å². The highest BCUT2D eigenvalue weighted by Crippen LogP contribution is 2.16. The normalized spacial score (nSPS) is 9.19. The monoisotopic (exact) mass is 235 g/mol. The van der Waals surface area contributed by atoms with E-state index in [0.29, 0.717) is 18.0 Å². The van der Waals surface area contributed by atoms with Crippen LogP contribution >= 0.6 is 11.6 Å². The summed E-state index contributed by atoms with van der Waals surface area (Å²) in [4.78, 5) is 10.6. The fraction of sp³-hybridized carbons (Fsp3) is 0.308. The van der Waals surface area contributed by atoms with Crippen molar-refractivity contribution in [3.63, 3.8) is 0 Å². The Hall–Kier alpha value is -1.46. The molecule has 0 saturated heterocycles. The number of rotatable bonds is 2. The molecule has 0 bridgehead atoms. The molecule has 0 radical (unpaired) electrons. The van der Waals surface area contributed by atoms with Crippen molar-refractivity contribution >= 4 is 17.5 Å². The number of amides is 1. The zero-order chi connectivity index (χ0) is 12.0. The summed E-state index contributed by atoms with van der Waals surface area (Å²) in [5, 5.41) is 3.35. The smallest absolute Gasteiger partial charge is 0.216 e. The van der Waals surface area contributed by atoms with Gasteiger partial charge in [0.2, 0.25) is 5.91 Å². The van der Waals surface area contributed by atoms with E-state index in [1.807, 2.05) is 25.1 Å². The standard InChI is InChI=1S/C13H14ClNO/c1-10-6-7-12(13(14)9-10)5-3-4-8-15-11(2)16/h6-7,9H,4,8H2,1-2H3,(H,15,16). The van der Waals surface area contributed by atoms with Crippen molar-refractivity contribution in [1.29, 1.82) is 0 Å². The molecule has 2 nitrogen and oxygen atoms in total. The molecule has 0 aliphatic rings. The van der Waals surface area contributed by atoms with E-state index in [1.54, 1.807) is 0 Å². The van der Waals surface area contributed by atoms with Crippen LogP contribution in [0.15, 0.2) is 18.2 Å². The second-order valence-corrected chi connectivity index (χ2v) is 3.93. The molecule has 1 rings (SSSR count). The van der Waals surface area contributed by atoms with E-state index >= 15 is 0 Å². The summed E-state index contributed by atoms with van der Waals surface area (Å²) in [6.45, 7) is 4.05. The van der Waals surface area contributed by atoms with E-state index in [1.165, 1.54) is 6.92 Å². The minimum Gasteiger partial charge on any atom is -0.355 e. The van der Waals surface area contributed by atoms with Gasteiger partial charge in [0.15, 0.2) is 0 Å². The molecule has 0 saturated carbocycles. The van der Waals surface area contributed by atoms with Crippen molar-refractivity contribution in [3.05, 3.63) is 34.3 Å². The average Bonchev–Trinajstić information content (AvgIpc) is 2.20. The van der Waals surface area contributed by atoms with E-state index in [-0.39, 0.29) is 5.91 Å². The number of carbonyl (C=O) groups is 1. The summed E-state index contributed by atoms with van der Waals surface area (Å²) in [7, 11) is 0. The van der Waals surface area contributed by atoms with Crippen LogP contribution in [0.2, 0.25) is 5.02 Å². The maximum Gasteiger partial charge on any atom is 0.216 e. The second-order valence-electron chi connectivity index (χ2n) is 3.52. The first-order chi connectivity index (χ1) is 7.59. The molecule has 0 atom stereocenters. The molecule has 16 heavy (non-hydrogen) atoms. The lowest BCUT2D eigenvalue weighted by molar-refractivity contribution is -0.118. The molecule has 0 aromatic heterocycles. The fourth-order valence-electron chi connectivity index (χ4n) is 1.18. The van der Waals surface area contributed by atoms with Gasteiger partial charge in [0, 0.05) is 25.5 Å². The van der Waals surface area contributed by atoms with Gasteiger partial charge in [0.25, 0.3) is 0 Å². The number of aryl methyl sites for hydroxylation is 1. The van der Waals surface area contributed by atoms with Gasteiger partial charge >= 0.3 is 0 Å². The van der Waals surface area contributed by atoms with Crippen molar-refractivity contribution in [1.82, 2.24) is 5.32 Å². The Bertz CT molecular complexity index is 443. The summed E-state index contributed by atoms with van der Waals surface area (Å²) in [6, 6.07) is 5.77. The Labute approximate surface area is 101 Å². The Morgan fingerprint density at radius 3 is 2.88 bits per heavy atom. The number of hydrogen-bond donors (Lipinski definition) is 1. The van der Waals surface area contributed by atoms with Crippen molar-refractivity contribution in [2.24, 2.45) is 0 Å². The first kappa shape index (κ1) is 12.6. The molecule has 0 aliphatic carbocycles. The molecule has 0 aliphatic heterocycles. The van der Waals surface area contributed by atoms with Gasteiger partial charge in [-0.2, -0.15) is 0 Å². The largest absolute Gasteiger partial charge is 0.355 e. The molecule has 1 amide bonds. The third-order valence-electron chi connectivity index (χ3n) is 1.97. The number of hydrogen-bond acceptors (Lipinski definition) is 1. The highest BCUT2D eigenvalue weighted by atomic mass is 35.5. The van der Waals surface area contributed by atoms with Crippen LogP contribution in [0.1, 0.15) is 24.5 Å². The first-order valence-corrected chi connectivity index (χ1v) is 5.47. The topological polar surface area (TPSA) is 29.1 Å². The lowest BCUT2D eigenvalue weighted by atomic mass is 10.1. The maximum atomic E-state index is 10.6. The predicted octanol–water partition coefficient (Wildman–Crippen LogP) is 2.53. The predicted molar refractivity (Wildman–Crippen MR) is 66.4 cm³/mol. The van der Waals surface area contributed by atoms with Crippen LogP contribution in [-0.4, -0.2) is 12.5 Å². The minimum atomic E-state index is -0.0323. The lowest BCUT2D eigenvalue weighted by Gasteiger charge is -1.97. The molecular formula is C13H14ClNO. The number of nitrogens with one attached hydrogen (secondary N) is 1. The van der Waals surface area contributed by atoms with Crippen LogP contribution in [0.4, 0.5) is 0 Å². The summed E-state index contributed by atoms with van der Waals surface area (Å²) < 4.78 is 0. The van der Waals surface area contributed by atoms with Crippen LogP contribution in [0, 0.1) is 18.8 Å². The van der Waals surface area contributed by atoms with Gasteiger partial charge in [-0.1, -0.05) is 29.5 Å². The van der Waals surface area contributed by atoms with E-state index in [2.05, 4.69) is 17.2 Å². The Balaban J connectivity index is 2.53.